The summed E-state index contributed by atoms with van der Waals surface area (Å²) in [6, 6.07) is 4.36. The van der Waals surface area contributed by atoms with Crippen molar-refractivity contribution >= 4 is 27.5 Å². The Kier molecular flexibility index (Phi) is 7.89. The predicted molar refractivity (Wildman–Crippen MR) is 126 cm³/mol. The van der Waals surface area contributed by atoms with Crippen LogP contribution in [0.3, 0.4) is 0 Å². The van der Waals surface area contributed by atoms with Crippen molar-refractivity contribution in [3.63, 3.8) is 0 Å². The van der Waals surface area contributed by atoms with E-state index in [9.17, 15) is 18.0 Å². The van der Waals surface area contributed by atoms with Crippen LogP contribution in [0.2, 0.25) is 0 Å². The highest BCUT2D eigenvalue weighted by molar-refractivity contribution is 7.92. The van der Waals surface area contributed by atoms with E-state index in [4.69, 9.17) is 9.47 Å². The number of carbonyl (C=O) groups excluding carboxylic acids is 2. The second-order valence-corrected chi connectivity index (χ2v) is 11.1. The van der Waals surface area contributed by atoms with Gasteiger partial charge in [-0.3, -0.25) is 14.3 Å². The minimum absolute atomic E-state index is 0.0103. The van der Waals surface area contributed by atoms with Gasteiger partial charge in [-0.25, -0.2) is 8.42 Å². The molecule has 3 rings (SSSR count). The Labute approximate surface area is 196 Å². The highest BCUT2D eigenvalue weighted by Crippen LogP contribution is 2.33. The lowest BCUT2D eigenvalue weighted by Crippen LogP contribution is -2.48. The molecule has 1 N–H and O–H groups in total. The first kappa shape index (κ1) is 25.3. The maximum Gasteiger partial charge on any atom is 0.257 e. The number of likely N-dealkylation sites (N-methyl/N-ethyl adjacent to an activating group) is 1. The fourth-order valence-corrected chi connectivity index (χ4v) is 4.64. The SMILES string of the molecule is CO[C@H]1CN(C)C(=O)c2ccc(NS(C)(=O)=O)cc2OC[C@@H](C)N(C(=O)CC2CC2)C[C@H]1C. The van der Waals surface area contributed by atoms with E-state index in [1.807, 2.05) is 18.7 Å². The number of nitrogens with zero attached hydrogens (tertiary/aromatic N) is 2. The van der Waals surface area contributed by atoms with Crippen molar-refractivity contribution in [2.45, 2.75) is 45.3 Å². The minimum atomic E-state index is -3.49. The van der Waals surface area contributed by atoms with Gasteiger partial charge in [-0.05, 0) is 37.8 Å². The summed E-state index contributed by atoms with van der Waals surface area (Å²) in [6.45, 7) is 4.97. The van der Waals surface area contributed by atoms with Crippen LogP contribution < -0.4 is 9.46 Å². The number of ether oxygens (including phenoxy) is 2. The molecule has 184 valence electrons. The monoisotopic (exact) mass is 481 g/mol. The topological polar surface area (TPSA) is 105 Å². The van der Waals surface area contributed by atoms with E-state index in [0.717, 1.165) is 19.1 Å². The maximum absolute atomic E-state index is 13.2. The highest BCUT2D eigenvalue weighted by Gasteiger charge is 2.33. The van der Waals surface area contributed by atoms with E-state index in [-0.39, 0.29) is 42.2 Å². The van der Waals surface area contributed by atoms with Gasteiger partial charge in [0.15, 0.2) is 0 Å². The Morgan fingerprint density at radius 2 is 1.94 bits per heavy atom. The molecular formula is C23H35N3O6S. The largest absolute Gasteiger partial charge is 0.491 e. The number of anilines is 1. The number of rotatable bonds is 5. The van der Waals surface area contributed by atoms with Gasteiger partial charge in [0.05, 0.1) is 29.7 Å². The first-order valence-corrected chi connectivity index (χ1v) is 13.2. The second kappa shape index (κ2) is 10.3. The first-order valence-electron chi connectivity index (χ1n) is 11.3. The van der Waals surface area contributed by atoms with E-state index < -0.39 is 10.0 Å². The molecule has 1 saturated carbocycles. The van der Waals surface area contributed by atoms with Crippen molar-refractivity contribution in [3.05, 3.63) is 23.8 Å². The number of sulfonamides is 1. The van der Waals surface area contributed by atoms with Crippen molar-refractivity contribution in [2.24, 2.45) is 11.8 Å². The van der Waals surface area contributed by atoms with E-state index in [2.05, 4.69) is 4.72 Å². The average Bonchev–Trinajstić information content (AvgIpc) is 3.55. The molecule has 1 aliphatic heterocycles. The number of methoxy groups -OCH3 is 1. The Morgan fingerprint density at radius 1 is 1.24 bits per heavy atom. The smallest absolute Gasteiger partial charge is 0.257 e. The summed E-state index contributed by atoms with van der Waals surface area (Å²) in [6.07, 6.45) is 3.53. The molecule has 1 heterocycles. The normalized spacial score (nSPS) is 24.9. The molecule has 1 aromatic carbocycles. The van der Waals surface area contributed by atoms with Gasteiger partial charge in [0.1, 0.15) is 12.4 Å². The van der Waals surface area contributed by atoms with Crippen molar-refractivity contribution in [1.82, 2.24) is 9.80 Å². The van der Waals surface area contributed by atoms with E-state index >= 15 is 0 Å². The van der Waals surface area contributed by atoms with Crippen LogP contribution in [0.25, 0.3) is 0 Å². The number of benzene rings is 1. The van der Waals surface area contributed by atoms with Crippen molar-refractivity contribution in [1.29, 1.82) is 0 Å². The summed E-state index contributed by atoms with van der Waals surface area (Å²) in [5.74, 6) is 0.597. The fourth-order valence-electron chi connectivity index (χ4n) is 4.08. The van der Waals surface area contributed by atoms with Crippen molar-refractivity contribution in [3.8, 4) is 5.75 Å². The lowest BCUT2D eigenvalue weighted by atomic mass is 10.0. The summed E-state index contributed by atoms with van der Waals surface area (Å²) in [7, 11) is -0.183. The van der Waals surface area contributed by atoms with Crippen LogP contribution in [0.4, 0.5) is 5.69 Å². The molecule has 0 saturated heterocycles. The number of nitrogens with one attached hydrogen (secondary N) is 1. The summed E-state index contributed by atoms with van der Waals surface area (Å²) in [5, 5.41) is 0. The molecule has 0 unspecified atom stereocenters. The Morgan fingerprint density at radius 3 is 2.55 bits per heavy atom. The Hall–Kier alpha value is -2.33. The molecule has 33 heavy (non-hydrogen) atoms. The van der Waals surface area contributed by atoms with E-state index in [1.165, 1.54) is 12.1 Å². The van der Waals surface area contributed by atoms with Gasteiger partial charge in [-0.15, -0.1) is 0 Å². The van der Waals surface area contributed by atoms with Gasteiger partial charge in [0, 0.05) is 45.7 Å². The molecule has 0 aromatic heterocycles. The van der Waals surface area contributed by atoms with Crippen LogP contribution in [0, 0.1) is 11.8 Å². The van der Waals surface area contributed by atoms with Gasteiger partial charge in [-0.1, -0.05) is 6.92 Å². The molecule has 0 radical (unpaired) electrons. The first-order chi connectivity index (χ1) is 15.5. The van der Waals surface area contributed by atoms with Gasteiger partial charge < -0.3 is 19.3 Å². The zero-order chi connectivity index (χ0) is 24.3. The van der Waals surface area contributed by atoms with Crippen molar-refractivity contribution < 1.29 is 27.5 Å². The molecule has 0 spiro atoms. The van der Waals surface area contributed by atoms with Gasteiger partial charge >= 0.3 is 0 Å². The van der Waals surface area contributed by atoms with Gasteiger partial charge in [0.25, 0.3) is 5.91 Å². The molecule has 1 aliphatic carbocycles. The van der Waals surface area contributed by atoms with E-state index in [1.54, 1.807) is 25.1 Å². The zero-order valence-corrected chi connectivity index (χ0v) is 20.9. The lowest BCUT2D eigenvalue weighted by Gasteiger charge is -2.36. The summed E-state index contributed by atoms with van der Waals surface area (Å²) < 4.78 is 37.5. The lowest BCUT2D eigenvalue weighted by molar-refractivity contribution is -0.135. The average molecular weight is 482 g/mol. The summed E-state index contributed by atoms with van der Waals surface area (Å²) >= 11 is 0. The van der Waals surface area contributed by atoms with Crippen LogP contribution in [-0.4, -0.2) is 82.3 Å². The predicted octanol–water partition coefficient (Wildman–Crippen LogP) is 2.19. The molecule has 1 fully saturated rings. The maximum atomic E-state index is 13.2. The van der Waals surface area contributed by atoms with Crippen LogP contribution in [0.1, 0.15) is 43.5 Å². The molecular weight excluding hydrogens is 446 g/mol. The molecule has 0 bridgehead atoms. The number of hydrogen-bond acceptors (Lipinski definition) is 6. The standard InChI is InChI=1S/C23H35N3O6S/c1-15-12-26(22(27)10-17-6-7-17)16(2)14-32-20-11-18(24-33(5,29)30)8-9-19(20)23(28)25(3)13-21(15)31-4/h8-9,11,15-17,21,24H,6-7,10,12-14H2,1-5H3/t15-,16-,21+/m1/s1. The van der Waals surface area contributed by atoms with Crippen LogP contribution in [0.15, 0.2) is 18.2 Å². The number of hydrogen-bond donors (Lipinski definition) is 1. The second-order valence-electron chi connectivity index (χ2n) is 9.38. The number of fused-ring (bicyclic) bond motifs is 1. The fraction of sp³-hybridized carbons (Fsp3) is 0.652. The van der Waals surface area contributed by atoms with Crippen LogP contribution in [0.5, 0.6) is 5.75 Å². The third-order valence-corrected chi connectivity index (χ3v) is 6.84. The molecule has 3 atom stereocenters. The molecule has 1 aromatic rings. The van der Waals surface area contributed by atoms with Crippen LogP contribution in [-0.2, 0) is 19.6 Å². The summed E-state index contributed by atoms with van der Waals surface area (Å²) in [5.41, 5.74) is 0.624. The summed E-state index contributed by atoms with van der Waals surface area (Å²) in [4.78, 5) is 29.7. The molecule has 2 aliphatic rings. The third kappa shape index (κ3) is 6.83. The Bertz CT molecular complexity index is 978. The molecule has 10 heteroatoms. The van der Waals surface area contributed by atoms with Gasteiger partial charge in [0.2, 0.25) is 15.9 Å². The van der Waals surface area contributed by atoms with Crippen LogP contribution >= 0.6 is 0 Å². The molecule has 2 amide bonds. The quantitative estimate of drug-likeness (QED) is 0.691. The van der Waals surface area contributed by atoms with Crippen molar-refractivity contribution in [2.75, 3.05) is 44.8 Å². The number of amides is 2. The highest BCUT2D eigenvalue weighted by atomic mass is 32.2. The van der Waals surface area contributed by atoms with Gasteiger partial charge in [-0.2, -0.15) is 0 Å². The number of carbonyl (C=O) groups is 2. The minimum Gasteiger partial charge on any atom is -0.491 e. The van der Waals surface area contributed by atoms with E-state index in [0.29, 0.717) is 36.7 Å². The third-order valence-electron chi connectivity index (χ3n) is 6.23. The molecule has 9 nitrogen and oxygen atoms in total. The zero-order valence-electron chi connectivity index (χ0n) is 20.0. The Balaban J connectivity index is 1.95.